The van der Waals surface area contributed by atoms with Gasteiger partial charge in [-0.2, -0.15) is 0 Å². The van der Waals surface area contributed by atoms with E-state index in [4.69, 9.17) is 4.74 Å². The highest BCUT2D eigenvalue weighted by Crippen LogP contribution is 1.93. The van der Waals surface area contributed by atoms with Crippen LogP contribution in [-0.4, -0.2) is 23.1 Å². The molecule has 0 aromatic rings. The molecule has 0 atom stereocenters. The average molecular weight is 161 g/mol. The SMILES string of the molecule is CCCCCOC(=O)N[SiH3]. The van der Waals surface area contributed by atoms with Crippen molar-refractivity contribution >= 4 is 16.5 Å². The van der Waals surface area contributed by atoms with E-state index in [-0.39, 0.29) is 6.09 Å². The van der Waals surface area contributed by atoms with Gasteiger partial charge >= 0.3 is 6.09 Å². The van der Waals surface area contributed by atoms with Crippen LogP contribution in [-0.2, 0) is 4.74 Å². The number of nitrogens with one attached hydrogen (secondary N) is 1. The first-order valence-electron chi connectivity index (χ1n) is 3.65. The molecule has 1 N–H and O–H groups in total. The molecule has 0 fully saturated rings. The van der Waals surface area contributed by atoms with Crippen LogP contribution in [0.5, 0.6) is 0 Å². The summed E-state index contributed by atoms with van der Waals surface area (Å²) in [5.74, 6) is 0. The van der Waals surface area contributed by atoms with Crippen LogP contribution in [0.25, 0.3) is 0 Å². The maximum atomic E-state index is 10.5. The number of carbonyl (C=O) groups excluding carboxylic acids is 1. The Bertz CT molecular complexity index is 97.7. The van der Waals surface area contributed by atoms with Gasteiger partial charge in [-0.25, -0.2) is 4.79 Å². The van der Waals surface area contributed by atoms with E-state index in [0.717, 1.165) is 19.3 Å². The van der Waals surface area contributed by atoms with Crippen LogP contribution in [0.4, 0.5) is 4.79 Å². The summed E-state index contributed by atoms with van der Waals surface area (Å²) < 4.78 is 4.78. The molecule has 0 aliphatic heterocycles. The summed E-state index contributed by atoms with van der Waals surface area (Å²) in [4.78, 5) is 13.0. The van der Waals surface area contributed by atoms with Crippen molar-refractivity contribution in [1.29, 1.82) is 0 Å². The molecule has 0 heterocycles. The molecular formula is C6H15NO2Si. The molecule has 0 saturated carbocycles. The molecule has 0 bridgehead atoms. The number of hydrogen-bond acceptors (Lipinski definition) is 2. The molecule has 3 nitrogen and oxygen atoms in total. The second kappa shape index (κ2) is 6.60. The predicted octanol–water partition coefficient (Wildman–Crippen LogP) is 0.183. The maximum Gasteiger partial charge on any atom is 0.398 e. The van der Waals surface area contributed by atoms with Crippen LogP contribution in [0.3, 0.4) is 0 Å². The molecule has 4 heteroatoms. The summed E-state index contributed by atoms with van der Waals surface area (Å²) in [6.45, 7) is 2.68. The Labute approximate surface area is 64.6 Å². The normalized spacial score (nSPS) is 9.30. The van der Waals surface area contributed by atoms with Crippen molar-refractivity contribution in [3.63, 3.8) is 0 Å². The van der Waals surface area contributed by atoms with Crippen LogP contribution >= 0.6 is 0 Å². The fourth-order valence-corrected chi connectivity index (χ4v) is 0.733. The van der Waals surface area contributed by atoms with Crippen molar-refractivity contribution in [3.05, 3.63) is 0 Å². The second-order valence-electron chi connectivity index (χ2n) is 2.09. The third kappa shape index (κ3) is 5.62. The van der Waals surface area contributed by atoms with E-state index in [1.165, 1.54) is 0 Å². The van der Waals surface area contributed by atoms with Crippen molar-refractivity contribution in [2.45, 2.75) is 26.2 Å². The molecule has 0 saturated heterocycles. The largest absolute Gasteiger partial charge is 0.450 e. The third-order valence-electron chi connectivity index (χ3n) is 1.19. The Morgan fingerprint density at radius 1 is 1.60 bits per heavy atom. The van der Waals surface area contributed by atoms with E-state index >= 15 is 0 Å². The molecule has 0 unspecified atom stereocenters. The van der Waals surface area contributed by atoms with Crippen LogP contribution in [0.1, 0.15) is 26.2 Å². The van der Waals surface area contributed by atoms with Crippen LogP contribution in [0, 0.1) is 0 Å². The zero-order valence-electron chi connectivity index (χ0n) is 6.64. The first kappa shape index (κ1) is 9.49. The van der Waals surface area contributed by atoms with E-state index in [0.29, 0.717) is 17.0 Å². The number of unbranched alkanes of at least 4 members (excludes halogenated alkanes) is 2. The lowest BCUT2D eigenvalue weighted by Crippen LogP contribution is -2.21. The summed E-state index contributed by atoms with van der Waals surface area (Å²) in [6, 6.07) is 0. The van der Waals surface area contributed by atoms with E-state index in [1.807, 2.05) is 0 Å². The molecule has 1 amide bonds. The van der Waals surface area contributed by atoms with Crippen molar-refractivity contribution in [2.24, 2.45) is 0 Å². The summed E-state index contributed by atoms with van der Waals surface area (Å²) in [6.07, 6.45) is 2.99. The van der Waals surface area contributed by atoms with E-state index in [9.17, 15) is 4.79 Å². The molecule has 0 aromatic carbocycles. The number of amides is 1. The number of hydrogen-bond donors (Lipinski definition) is 1. The molecular weight excluding hydrogens is 146 g/mol. The van der Waals surface area contributed by atoms with E-state index in [2.05, 4.69) is 11.9 Å². The highest BCUT2D eigenvalue weighted by Gasteiger charge is 1.94. The molecule has 0 spiro atoms. The first-order chi connectivity index (χ1) is 4.81. The lowest BCUT2D eigenvalue weighted by Gasteiger charge is -2.01. The molecule has 0 aliphatic rings. The third-order valence-corrected chi connectivity index (χ3v) is 1.59. The van der Waals surface area contributed by atoms with Crippen molar-refractivity contribution in [1.82, 2.24) is 4.98 Å². The van der Waals surface area contributed by atoms with Gasteiger partial charge in [0.2, 0.25) is 0 Å². The molecule has 0 radical (unpaired) electrons. The molecule has 0 aliphatic carbocycles. The molecule has 0 rings (SSSR count). The Morgan fingerprint density at radius 3 is 2.80 bits per heavy atom. The number of ether oxygens (including phenoxy) is 1. The lowest BCUT2D eigenvalue weighted by atomic mass is 10.3. The van der Waals surface area contributed by atoms with Crippen LogP contribution < -0.4 is 4.98 Å². The van der Waals surface area contributed by atoms with Gasteiger partial charge in [-0.05, 0) is 6.42 Å². The second-order valence-corrected chi connectivity index (χ2v) is 2.59. The average Bonchev–Trinajstić information content (AvgIpc) is 1.98. The summed E-state index contributed by atoms with van der Waals surface area (Å²) >= 11 is 0. The van der Waals surface area contributed by atoms with Crippen molar-refractivity contribution in [2.75, 3.05) is 6.61 Å². The summed E-state index contributed by atoms with van der Waals surface area (Å²) in [5.41, 5.74) is 0. The van der Waals surface area contributed by atoms with Crippen LogP contribution in [0.15, 0.2) is 0 Å². The fraction of sp³-hybridized carbons (Fsp3) is 0.833. The van der Waals surface area contributed by atoms with E-state index in [1.54, 1.807) is 0 Å². The molecule has 0 aromatic heterocycles. The van der Waals surface area contributed by atoms with Gasteiger partial charge in [0.15, 0.2) is 0 Å². The minimum atomic E-state index is -0.275. The lowest BCUT2D eigenvalue weighted by molar-refractivity contribution is 0.150. The van der Waals surface area contributed by atoms with Crippen molar-refractivity contribution in [3.8, 4) is 0 Å². The first-order valence-corrected chi connectivity index (χ1v) is 4.65. The van der Waals surface area contributed by atoms with Gasteiger partial charge in [0, 0.05) is 0 Å². The summed E-state index contributed by atoms with van der Waals surface area (Å²) in [7, 11) is 0.668. The number of carbonyl (C=O) groups is 1. The highest BCUT2D eigenvalue weighted by atomic mass is 28.2. The van der Waals surface area contributed by atoms with Gasteiger partial charge in [-0.3, -0.25) is 0 Å². The monoisotopic (exact) mass is 161 g/mol. The topological polar surface area (TPSA) is 38.3 Å². The fourth-order valence-electron chi connectivity index (χ4n) is 0.589. The predicted molar refractivity (Wildman–Crippen MR) is 43.9 cm³/mol. The van der Waals surface area contributed by atoms with Crippen molar-refractivity contribution < 1.29 is 9.53 Å². The minimum absolute atomic E-state index is 0.275. The Hall–Kier alpha value is -0.513. The smallest absolute Gasteiger partial charge is 0.398 e. The zero-order valence-corrected chi connectivity index (χ0v) is 8.64. The van der Waals surface area contributed by atoms with Gasteiger partial charge in [-0.15, -0.1) is 0 Å². The maximum absolute atomic E-state index is 10.5. The van der Waals surface area contributed by atoms with Gasteiger partial charge in [0.05, 0.1) is 6.61 Å². The molecule has 10 heavy (non-hydrogen) atoms. The quantitative estimate of drug-likeness (QED) is 0.472. The summed E-state index contributed by atoms with van der Waals surface area (Å²) in [5, 5.41) is 0. The van der Waals surface area contributed by atoms with Crippen LogP contribution in [0.2, 0.25) is 0 Å². The zero-order chi connectivity index (χ0) is 7.82. The molecule has 60 valence electrons. The minimum Gasteiger partial charge on any atom is -0.450 e. The van der Waals surface area contributed by atoms with Gasteiger partial charge < -0.3 is 9.72 Å². The van der Waals surface area contributed by atoms with E-state index < -0.39 is 0 Å². The standard InChI is InChI=1S/C6H15NO2Si/c1-2-3-4-5-9-6(8)7-10/h2-5H2,1,10H3,(H,7,8). The van der Waals surface area contributed by atoms with Gasteiger partial charge in [0.25, 0.3) is 0 Å². The Balaban J connectivity index is 2.96. The Morgan fingerprint density at radius 2 is 2.30 bits per heavy atom. The number of rotatable bonds is 4. The van der Waals surface area contributed by atoms with Gasteiger partial charge in [0.1, 0.15) is 10.4 Å². The highest BCUT2D eigenvalue weighted by molar-refractivity contribution is 6.12. The van der Waals surface area contributed by atoms with Gasteiger partial charge in [-0.1, -0.05) is 19.8 Å². The Kier molecular flexibility index (Phi) is 6.27.